The molecule has 11 heteroatoms. The molecule has 0 spiro atoms. The van der Waals surface area contributed by atoms with Gasteiger partial charge in [0.1, 0.15) is 5.82 Å². The zero-order valence-electron chi connectivity index (χ0n) is 21.2. The Bertz CT molecular complexity index is 1620. The number of hydrogen-bond donors (Lipinski definition) is 3. The van der Waals surface area contributed by atoms with E-state index in [1.54, 1.807) is 30.3 Å². The number of aromatic nitrogens is 4. The number of anilines is 2. The summed E-state index contributed by atoms with van der Waals surface area (Å²) >= 11 is 7.74. The fourth-order valence-electron chi connectivity index (χ4n) is 3.78. The van der Waals surface area contributed by atoms with Crippen molar-refractivity contribution in [2.24, 2.45) is 0 Å². The second-order valence-electron chi connectivity index (χ2n) is 7.93. The molecule has 5 rings (SSSR count). The number of nitrogens with one attached hydrogen (secondary N) is 2. The van der Waals surface area contributed by atoms with Crippen molar-refractivity contribution in [3.05, 3.63) is 88.6 Å². The van der Waals surface area contributed by atoms with Gasteiger partial charge in [-0.25, -0.2) is 14.1 Å². The summed E-state index contributed by atoms with van der Waals surface area (Å²) in [5.74, 6) is -0.351. The third-order valence-electron chi connectivity index (χ3n) is 5.55. The first kappa shape index (κ1) is 27.0. The standard InChI is InChI=1S/C25H20ClFN6O2S.C2H6/c1-13-7-23(35-22-6-4-3-5-17(22)27)29-12-21(13)33-25(28)15(11-30-33)24(34)20-9-14-8-19(32-36-2)16(26)10-18(14)31-20;1-2/h3-12,31-32H,28H2,1-2H3;1-2H3. The molecule has 0 fully saturated rings. The minimum atomic E-state index is -0.489. The van der Waals surface area contributed by atoms with E-state index in [1.807, 2.05) is 33.1 Å². The highest BCUT2D eigenvalue weighted by Crippen LogP contribution is 2.31. The van der Waals surface area contributed by atoms with Gasteiger partial charge in [-0.15, -0.1) is 0 Å². The van der Waals surface area contributed by atoms with Gasteiger partial charge in [0.25, 0.3) is 0 Å². The molecule has 0 unspecified atom stereocenters. The Morgan fingerprint density at radius 1 is 1.18 bits per heavy atom. The number of nitrogens with zero attached hydrogens (tertiary/aromatic N) is 3. The molecule has 0 atom stereocenters. The molecule has 2 aromatic carbocycles. The van der Waals surface area contributed by atoms with E-state index in [0.29, 0.717) is 16.4 Å². The molecule has 0 saturated heterocycles. The van der Waals surface area contributed by atoms with Gasteiger partial charge in [0.05, 0.1) is 40.0 Å². The summed E-state index contributed by atoms with van der Waals surface area (Å²) < 4.78 is 24.0. The van der Waals surface area contributed by atoms with E-state index in [1.165, 1.54) is 41.2 Å². The fourth-order valence-corrected chi connectivity index (χ4v) is 4.43. The van der Waals surface area contributed by atoms with Crippen LogP contribution in [-0.4, -0.2) is 31.8 Å². The maximum atomic E-state index is 13.9. The Hall–Kier alpha value is -4.02. The average molecular weight is 553 g/mol. The molecule has 0 aliphatic heterocycles. The molecule has 0 radical (unpaired) electrons. The topological polar surface area (TPSA) is 111 Å². The highest BCUT2D eigenvalue weighted by molar-refractivity contribution is 7.99. The monoisotopic (exact) mass is 552 g/mol. The summed E-state index contributed by atoms with van der Waals surface area (Å²) in [6, 6.07) is 13.1. The van der Waals surface area contributed by atoms with Gasteiger partial charge in [0.15, 0.2) is 11.6 Å². The van der Waals surface area contributed by atoms with E-state index in [9.17, 15) is 9.18 Å². The summed E-state index contributed by atoms with van der Waals surface area (Å²) in [4.78, 5) is 20.6. The van der Waals surface area contributed by atoms with E-state index < -0.39 is 5.82 Å². The van der Waals surface area contributed by atoms with Crippen LogP contribution < -0.4 is 15.2 Å². The van der Waals surface area contributed by atoms with Gasteiger partial charge in [-0.05, 0) is 42.8 Å². The number of rotatable bonds is 7. The normalized spacial score (nSPS) is 10.7. The van der Waals surface area contributed by atoms with Crippen molar-refractivity contribution < 1.29 is 13.9 Å². The minimum absolute atomic E-state index is 0.0691. The molecule has 0 amide bonds. The van der Waals surface area contributed by atoms with Crippen LogP contribution in [0.4, 0.5) is 15.9 Å². The summed E-state index contributed by atoms with van der Waals surface area (Å²) in [5, 5.41) is 5.68. The van der Waals surface area contributed by atoms with E-state index in [2.05, 4.69) is 19.8 Å². The Kier molecular flexibility index (Phi) is 8.23. The zero-order chi connectivity index (χ0) is 27.4. The van der Waals surface area contributed by atoms with Gasteiger partial charge in [-0.3, -0.25) is 4.79 Å². The lowest BCUT2D eigenvalue weighted by Crippen LogP contribution is -2.09. The number of aryl methyl sites for hydroxylation is 1. The zero-order valence-corrected chi connectivity index (χ0v) is 22.7. The lowest BCUT2D eigenvalue weighted by molar-refractivity contribution is 0.103. The summed E-state index contributed by atoms with van der Waals surface area (Å²) in [7, 11) is 0. The van der Waals surface area contributed by atoms with Crippen LogP contribution >= 0.6 is 23.5 Å². The van der Waals surface area contributed by atoms with Crippen LogP contribution in [0.15, 0.2) is 60.9 Å². The maximum Gasteiger partial charge on any atom is 0.219 e. The number of nitrogens with two attached hydrogens (primary N) is 1. The molecular weight excluding hydrogens is 527 g/mol. The molecule has 38 heavy (non-hydrogen) atoms. The lowest BCUT2D eigenvalue weighted by Gasteiger charge is -2.11. The number of halogens is 2. The highest BCUT2D eigenvalue weighted by Gasteiger charge is 2.21. The lowest BCUT2D eigenvalue weighted by atomic mass is 10.1. The largest absolute Gasteiger partial charge is 0.436 e. The molecule has 0 aliphatic carbocycles. The number of hydrogen-bond acceptors (Lipinski definition) is 7. The molecule has 3 aromatic heterocycles. The second kappa shape index (κ2) is 11.6. The van der Waals surface area contributed by atoms with Gasteiger partial charge in [0, 0.05) is 23.2 Å². The van der Waals surface area contributed by atoms with Crippen LogP contribution in [0.5, 0.6) is 11.6 Å². The van der Waals surface area contributed by atoms with Crippen LogP contribution in [0.3, 0.4) is 0 Å². The summed E-state index contributed by atoms with van der Waals surface area (Å²) in [6.45, 7) is 5.81. The number of carbonyl (C=O) groups excluding carboxylic acids is 1. The number of H-pyrrole nitrogens is 1. The highest BCUT2D eigenvalue weighted by atomic mass is 35.5. The molecular formula is C27H26ClFN6O2S. The maximum absolute atomic E-state index is 13.9. The predicted octanol–water partition coefficient (Wildman–Crippen LogP) is 7.17. The average Bonchev–Trinajstić information content (AvgIpc) is 3.50. The molecule has 3 heterocycles. The summed E-state index contributed by atoms with van der Waals surface area (Å²) in [6.07, 6.45) is 4.82. The quantitative estimate of drug-likeness (QED) is 0.145. The number of nitrogen functional groups attached to an aromatic ring is 1. The Balaban J connectivity index is 0.00000164. The molecule has 0 bridgehead atoms. The fraction of sp³-hybridized carbons (Fsp3) is 0.148. The Morgan fingerprint density at radius 3 is 2.66 bits per heavy atom. The molecule has 5 aromatic rings. The Morgan fingerprint density at radius 2 is 1.95 bits per heavy atom. The van der Waals surface area contributed by atoms with Gasteiger partial charge in [-0.2, -0.15) is 5.10 Å². The smallest absolute Gasteiger partial charge is 0.219 e. The van der Waals surface area contributed by atoms with Crippen molar-refractivity contribution >= 4 is 51.7 Å². The van der Waals surface area contributed by atoms with Gasteiger partial charge >= 0.3 is 0 Å². The third kappa shape index (κ3) is 5.32. The van der Waals surface area contributed by atoms with Crippen LogP contribution in [0.1, 0.15) is 35.5 Å². The number of benzene rings is 2. The minimum Gasteiger partial charge on any atom is -0.436 e. The van der Waals surface area contributed by atoms with E-state index in [-0.39, 0.29) is 28.8 Å². The number of pyridine rings is 1. The second-order valence-corrected chi connectivity index (χ2v) is 8.95. The number of para-hydroxylation sites is 1. The van der Waals surface area contributed by atoms with Crippen molar-refractivity contribution in [1.29, 1.82) is 0 Å². The summed E-state index contributed by atoms with van der Waals surface area (Å²) in [5.41, 5.74) is 9.69. The Labute approximate surface area is 228 Å². The van der Waals surface area contributed by atoms with Crippen molar-refractivity contribution in [3.63, 3.8) is 0 Å². The number of carbonyl (C=O) groups is 1. The van der Waals surface area contributed by atoms with Crippen LogP contribution in [0.25, 0.3) is 16.6 Å². The van der Waals surface area contributed by atoms with Crippen molar-refractivity contribution in [3.8, 4) is 17.3 Å². The third-order valence-corrected chi connectivity index (χ3v) is 6.29. The van der Waals surface area contributed by atoms with Crippen molar-refractivity contribution in [2.45, 2.75) is 20.8 Å². The van der Waals surface area contributed by atoms with E-state index in [0.717, 1.165) is 22.2 Å². The van der Waals surface area contributed by atoms with Crippen LogP contribution in [0, 0.1) is 12.7 Å². The molecule has 0 aliphatic rings. The SMILES string of the molecule is CC.CSNc1cc2cc(C(=O)c3cnn(-c4cnc(Oc5ccccc5F)cc4C)c3N)[nH]c2cc1Cl. The first-order chi connectivity index (χ1) is 18.4. The van der Waals surface area contributed by atoms with Crippen LogP contribution in [-0.2, 0) is 0 Å². The molecule has 0 saturated carbocycles. The number of aromatic amines is 1. The van der Waals surface area contributed by atoms with Crippen LogP contribution in [0.2, 0.25) is 5.02 Å². The first-order valence-corrected chi connectivity index (χ1v) is 13.3. The van der Waals surface area contributed by atoms with Gasteiger partial charge < -0.3 is 20.2 Å². The first-order valence-electron chi connectivity index (χ1n) is 11.7. The molecule has 4 N–H and O–H groups in total. The van der Waals surface area contributed by atoms with Gasteiger partial charge in [-0.1, -0.05) is 49.5 Å². The van der Waals surface area contributed by atoms with Crippen molar-refractivity contribution in [2.75, 3.05) is 16.7 Å². The number of fused-ring (bicyclic) bond motifs is 1. The predicted molar refractivity (Wildman–Crippen MR) is 152 cm³/mol. The van der Waals surface area contributed by atoms with E-state index >= 15 is 0 Å². The molecule has 8 nitrogen and oxygen atoms in total. The number of ketones is 1. The van der Waals surface area contributed by atoms with Crippen molar-refractivity contribution in [1.82, 2.24) is 19.7 Å². The number of ether oxygens (including phenoxy) is 1. The molecule has 196 valence electrons. The van der Waals surface area contributed by atoms with E-state index in [4.69, 9.17) is 22.1 Å². The van der Waals surface area contributed by atoms with Gasteiger partial charge in [0.2, 0.25) is 11.7 Å².